The lowest BCUT2D eigenvalue weighted by molar-refractivity contribution is -0.118. The molecule has 0 saturated carbocycles. The molecule has 4 rings (SSSR count). The molecule has 0 fully saturated rings. The summed E-state index contributed by atoms with van der Waals surface area (Å²) in [6.07, 6.45) is 0. The Morgan fingerprint density at radius 1 is 1.27 bits per heavy atom. The number of benzene rings is 2. The van der Waals surface area contributed by atoms with Crippen LogP contribution in [0.5, 0.6) is 11.5 Å². The second kappa shape index (κ2) is 7.05. The molecule has 0 saturated heterocycles. The molecule has 0 bridgehead atoms. The third-order valence-electron chi connectivity index (χ3n) is 3.83. The number of amides is 1. The number of hydrogen-bond donors (Lipinski definition) is 2. The monoisotopic (exact) mass is 367 g/mol. The molecule has 3 aromatic rings. The number of anilines is 3. The van der Waals surface area contributed by atoms with E-state index in [0.29, 0.717) is 18.0 Å². The van der Waals surface area contributed by atoms with Crippen molar-refractivity contribution in [2.45, 2.75) is 6.92 Å². The van der Waals surface area contributed by atoms with E-state index in [1.165, 1.54) is 11.3 Å². The highest BCUT2D eigenvalue weighted by atomic mass is 32.1. The van der Waals surface area contributed by atoms with Crippen molar-refractivity contribution >= 4 is 33.8 Å². The largest absolute Gasteiger partial charge is 0.494 e. The van der Waals surface area contributed by atoms with Crippen LogP contribution in [0.1, 0.15) is 6.92 Å². The maximum Gasteiger partial charge on any atom is 0.262 e. The van der Waals surface area contributed by atoms with Crippen molar-refractivity contribution in [3.8, 4) is 22.8 Å². The number of hydrogen-bond acceptors (Lipinski definition) is 6. The van der Waals surface area contributed by atoms with Gasteiger partial charge in [-0.1, -0.05) is 0 Å². The normalized spacial score (nSPS) is 12.7. The fourth-order valence-electron chi connectivity index (χ4n) is 2.63. The molecule has 26 heavy (non-hydrogen) atoms. The molecule has 2 N–H and O–H groups in total. The fraction of sp³-hybridized carbons (Fsp3) is 0.158. The Bertz CT molecular complexity index is 937. The number of nitrogens with zero attached hydrogens (tertiary/aromatic N) is 1. The minimum atomic E-state index is -0.147. The van der Waals surface area contributed by atoms with E-state index >= 15 is 0 Å². The van der Waals surface area contributed by atoms with Crippen LogP contribution in [0.2, 0.25) is 0 Å². The molecule has 7 heteroatoms. The molecule has 2 aromatic carbocycles. The summed E-state index contributed by atoms with van der Waals surface area (Å²) in [7, 11) is 0. The zero-order valence-electron chi connectivity index (χ0n) is 14.1. The van der Waals surface area contributed by atoms with Crippen LogP contribution in [0.3, 0.4) is 0 Å². The van der Waals surface area contributed by atoms with Gasteiger partial charge in [0.05, 0.1) is 18.0 Å². The first-order chi connectivity index (χ1) is 12.7. The van der Waals surface area contributed by atoms with Gasteiger partial charge in [0.2, 0.25) is 0 Å². The van der Waals surface area contributed by atoms with Gasteiger partial charge in [0.25, 0.3) is 5.91 Å². The van der Waals surface area contributed by atoms with Gasteiger partial charge in [0, 0.05) is 16.6 Å². The van der Waals surface area contributed by atoms with Gasteiger partial charge >= 0.3 is 0 Å². The number of thiazole rings is 1. The van der Waals surface area contributed by atoms with Crippen molar-refractivity contribution in [3.63, 3.8) is 0 Å². The molecule has 132 valence electrons. The molecule has 1 amide bonds. The minimum absolute atomic E-state index is 0.0548. The van der Waals surface area contributed by atoms with E-state index in [4.69, 9.17) is 9.47 Å². The molecular weight excluding hydrogens is 350 g/mol. The van der Waals surface area contributed by atoms with E-state index in [-0.39, 0.29) is 12.5 Å². The number of carbonyl (C=O) groups excluding carboxylic acids is 1. The maximum atomic E-state index is 11.5. The lowest BCUT2D eigenvalue weighted by atomic mass is 10.1. The third kappa shape index (κ3) is 3.48. The molecule has 0 radical (unpaired) electrons. The van der Waals surface area contributed by atoms with E-state index in [9.17, 15) is 4.79 Å². The minimum Gasteiger partial charge on any atom is -0.494 e. The summed E-state index contributed by atoms with van der Waals surface area (Å²) in [5.41, 5.74) is 3.38. The number of nitrogens with one attached hydrogen (secondary N) is 2. The second-order valence-electron chi connectivity index (χ2n) is 5.67. The van der Waals surface area contributed by atoms with E-state index in [1.54, 1.807) is 0 Å². The molecule has 0 atom stereocenters. The van der Waals surface area contributed by atoms with Gasteiger partial charge in [0.1, 0.15) is 11.5 Å². The van der Waals surface area contributed by atoms with Gasteiger partial charge in [-0.05, 0) is 49.4 Å². The van der Waals surface area contributed by atoms with Crippen molar-refractivity contribution in [1.82, 2.24) is 4.98 Å². The summed E-state index contributed by atoms with van der Waals surface area (Å²) in [5, 5.41) is 8.88. The number of ether oxygens (including phenoxy) is 2. The number of carbonyl (C=O) groups is 1. The Labute approximate surface area is 154 Å². The SMILES string of the molecule is CCOc1ccc(Nc2nc(-c3ccc4c(c3)NC(=O)CO4)cs2)cc1. The fourth-order valence-corrected chi connectivity index (χ4v) is 3.37. The standard InChI is InChI=1S/C19H17N3O3S/c1-2-24-14-6-4-13(5-7-14)20-19-22-16(11-26-19)12-3-8-17-15(9-12)21-18(23)10-25-17/h3-9,11H,2,10H2,1H3,(H,20,22)(H,21,23). The first-order valence-electron chi connectivity index (χ1n) is 8.24. The van der Waals surface area contributed by atoms with Gasteiger partial charge in [-0.15, -0.1) is 11.3 Å². The average molecular weight is 367 g/mol. The predicted octanol–water partition coefficient (Wildman–Crippen LogP) is 4.28. The number of fused-ring (bicyclic) bond motifs is 1. The van der Waals surface area contributed by atoms with Gasteiger partial charge in [0.15, 0.2) is 11.7 Å². The van der Waals surface area contributed by atoms with Crippen molar-refractivity contribution in [2.24, 2.45) is 0 Å². The molecule has 0 aliphatic carbocycles. The molecule has 0 spiro atoms. The Balaban J connectivity index is 1.51. The van der Waals surface area contributed by atoms with Crippen molar-refractivity contribution < 1.29 is 14.3 Å². The Morgan fingerprint density at radius 2 is 2.12 bits per heavy atom. The smallest absolute Gasteiger partial charge is 0.262 e. The summed E-state index contributed by atoms with van der Waals surface area (Å²) in [5.74, 6) is 1.37. The Hall–Kier alpha value is -3.06. The van der Waals surface area contributed by atoms with Crippen molar-refractivity contribution in [1.29, 1.82) is 0 Å². The lowest BCUT2D eigenvalue weighted by Gasteiger charge is -2.18. The van der Waals surface area contributed by atoms with Gasteiger partial charge in [-0.3, -0.25) is 4.79 Å². The molecule has 1 aromatic heterocycles. The van der Waals surface area contributed by atoms with Crippen LogP contribution in [0.15, 0.2) is 47.8 Å². The summed E-state index contributed by atoms with van der Waals surface area (Å²) in [6.45, 7) is 2.66. The van der Waals surface area contributed by atoms with Crippen LogP contribution in [-0.4, -0.2) is 24.1 Å². The predicted molar refractivity (Wildman–Crippen MR) is 103 cm³/mol. The lowest BCUT2D eigenvalue weighted by Crippen LogP contribution is -2.25. The maximum absolute atomic E-state index is 11.5. The Kier molecular flexibility index (Phi) is 4.45. The molecule has 6 nitrogen and oxygen atoms in total. The van der Waals surface area contributed by atoms with E-state index < -0.39 is 0 Å². The summed E-state index contributed by atoms with van der Waals surface area (Å²) < 4.78 is 10.8. The highest BCUT2D eigenvalue weighted by molar-refractivity contribution is 7.14. The zero-order chi connectivity index (χ0) is 17.9. The quantitative estimate of drug-likeness (QED) is 0.704. The van der Waals surface area contributed by atoms with E-state index in [0.717, 1.165) is 27.8 Å². The molecular formula is C19H17N3O3S. The molecule has 0 unspecified atom stereocenters. The van der Waals surface area contributed by atoms with Crippen LogP contribution >= 0.6 is 11.3 Å². The van der Waals surface area contributed by atoms with Gasteiger partial charge < -0.3 is 20.1 Å². The summed E-state index contributed by atoms with van der Waals surface area (Å²) in [6, 6.07) is 13.4. The zero-order valence-corrected chi connectivity index (χ0v) is 14.9. The van der Waals surface area contributed by atoms with Crippen LogP contribution in [0.4, 0.5) is 16.5 Å². The van der Waals surface area contributed by atoms with E-state index in [2.05, 4.69) is 15.6 Å². The van der Waals surface area contributed by atoms with Crippen LogP contribution in [0, 0.1) is 0 Å². The molecule has 2 heterocycles. The highest BCUT2D eigenvalue weighted by Gasteiger charge is 2.17. The number of aromatic nitrogens is 1. The van der Waals surface area contributed by atoms with Gasteiger partial charge in [-0.2, -0.15) is 0 Å². The van der Waals surface area contributed by atoms with Crippen molar-refractivity contribution in [2.75, 3.05) is 23.8 Å². The third-order valence-corrected chi connectivity index (χ3v) is 4.59. The van der Waals surface area contributed by atoms with E-state index in [1.807, 2.05) is 54.8 Å². The highest BCUT2D eigenvalue weighted by Crippen LogP contribution is 2.34. The summed E-state index contributed by atoms with van der Waals surface area (Å²) in [4.78, 5) is 16.1. The second-order valence-corrected chi connectivity index (χ2v) is 6.53. The molecule has 1 aliphatic heterocycles. The topological polar surface area (TPSA) is 72.5 Å². The van der Waals surface area contributed by atoms with Crippen LogP contribution in [-0.2, 0) is 4.79 Å². The first kappa shape index (κ1) is 16.4. The van der Waals surface area contributed by atoms with Gasteiger partial charge in [-0.25, -0.2) is 4.98 Å². The average Bonchev–Trinajstić information content (AvgIpc) is 3.11. The van der Waals surface area contributed by atoms with Crippen LogP contribution < -0.4 is 20.1 Å². The summed E-state index contributed by atoms with van der Waals surface area (Å²) >= 11 is 1.52. The number of rotatable bonds is 5. The first-order valence-corrected chi connectivity index (χ1v) is 9.12. The molecule has 1 aliphatic rings. The Morgan fingerprint density at radius 3 is 2.92 bits per heavy atom. The van der Waals surface area contributed by atoms with Crippen molar-refractivity contribution in [3.05, 3.63) is 47.8 Å². The van der Waals surface area contributed by atoms with Crippen LogP contribution in [0.25, 0.3) is 11.3 Å².